The lowest BCUT2D eigenvalue weighted by atomic mass is 9.78. The van der Waals surface area contributed by atoms with E-state index in [0.717, 1.165) is 105 Å². The van der Waals surface area contributed by atoms with Crippen LogP contribution in [0.25, 0.3) is 11.1 Å². The molecule has 15 nitrogen and oxygen atoms in total. The topological polar surface area (TPSA) is 192 Å². The number of hydrogen-bond acceptors (Lipinski definition) is 12. The van der Waals surface area contributed by atoms with E-state index in [1.165, 1.54) is 18.5 Å². The van der Waals surface area contributed by atoms with Gasteiger partial charge in [-0.1, -0.05) is 25.1 Å². The quantitative estimate of drug-likeness (QED) is 0.0620. The predicted molar refractivity (Wildman–Crippen MR) is 222 cm³/mol. The summed E-state index contributed by atoms with van der Waals surface area (Å²) in [6, 6.07) is 13.0. The van der Waals surface area contributed by atoms with E-state index in [4.69, 9.17) is 26.3 Å². The molecule has 1 amide bonds. The predicted octanol–water partition coefficient (Wildman–Crippen LogP) is 3.98. The molecule has 4 aliphatic heterocycles. The minimum Gasteiger partial charge on any atom is -0.513 e. The van der Waals surface area contributed by atoms with Crippen LogP contribution in [-0.4, -0.2) is 114 Å². The number of aliphatic imine (C=N–C) groups is 1. The van der Waals surface area contributed by atoms with Crippen LogP contribution < -0.4 is 27.0 Å². The molecular formula is C42H57N11O4. The molecule has 9 rings (SSSR count). The summed E-state index contributed by atoms with van der Waals surface area (Å²) in [5.74, 6) is 0.734. The second-order valence-electron chi connectivity index (χ2n) is 16.1. The number of aldehydes is 1. The number of fused-ring (bicyclic) bond motifs is 3. The number of aliphatic hydroxyl groups is 1. The molecule has 3 aromatic rings. The van der Waals surface area contributed by atoms with Crippen LogP contribution in [0.3, 0.4) is 0 Å². The molecule has 1 atom stereocenters. The summed E-state index contributed by atoms with van der Waals surface area (Å²) < 4.78 is 7.55. The van der Waals surface area contributed by atoms with E-state index in [2.05, 4.69) is 50.1 Å². The van der Waals surface area contributed by atoms with Crippen molar-refractivity contribution in [1.82, 2.24) is 29.9 Å². The molecule has 6 aliphatic rings. The van der Waals surface area contributed by atoms with Gasteiger partial charge in [-0.3, -0.25) is 19.4 Å². The van der Waals surface area contributed by atoms with Crippen molar-refractivity contribution in [3.63, 3.8) is 0 Å². The highest BCUT2D eigenvalue weighted by atomic mass is 16.5. The number of aromatic nitrogens is 3. The van der Waals surface area contributed by atoms with Crippen LogP contribution in [0.2, 0.25) is 0 Å². The number of nitrogens with two attached hydrogens (primary N) is 2. The van der Waals surface area contributed by atoms with Gasteiger partial charge in [0.2, 0.25) is 0 Å². The number of likely N-dealkylation sites (tertiary alicyclic amines) is 2. The molecule has 7 N–H and O–H groups in total. The SMILES string of the molecule is CCC1c2c(cnn2C2CN(Cc3cccc(C(=O)N4CC5(COC5)C4)n3)C2)-c2cccc(NC(=C/C(N)=NC)/C(N)=C\O)c2N1C.CNC1CC1.O=CC1CC1. The molecular weight excluding hydrogens is 723 g/mol. The molecule has 2 aliphatic carbocycles. The number of para-hydroxylation sites is 1. The number of hydrogen-bond donors (Lipinski definition) is 5. The van der Waals surface area contributed by atoms with Gasteiger partial charge in [0.1, 0.15) is 24.1 Å². The lowest BCUT2D eigenvalue weighted by Gasteiger charge is -2.54. The summed E-state index contributed by atoms with van der Waals surface area (Å²) in [7, 11) is 5.71. The maximum absolute atomic E-state index is 13.0. The number of benzene rings is 1. The molecule has 3 saturated heterocycles. The lowest BCUT2D eigenvalue weighted by Crippen LogP contribution is -2.67. The highest BCUT2D eigenvalue weighted by Crippen LogP contribution is 2.49. The summed E-state index contributed by atoms with van der Waals surface area (Å²) in [6.45, 7) is 7.58. The van der Waals surface area contributed by atoms with Gasteiger partial charge in [0.05, 0.1) is 71.1 Å². The number of pyridine rings is 1. The Morgan fingerprint density at radius 2 is 1.82 bits per heavy atom. The standard InChI is InChI=1S/C34H42N10O3.C4H9N.C4H6O/c1-4-29-32-24(23-8-6-9-26(31(23)41(29)3)40-28(25(35)16-45)11-30(36)37-2)12-38-44(32)22-14-42(15-22)13-21-7-5-10-27(39-21)33(46)43-17-34(18-43)19-47-20-34;1-5-4-2-3-4;5-3-4-1-2-4/h5-12,16,22,29,40,45H,4,13-15,17-20,35H2,1-3H3,(H2,36,37);4-5H,2-3H2,1H3;3-4H,1-2H2/b25-16+,28-11+;;. The van der Waals surface area contributed by atoms with E-state index in [0.29, 0.717) is 23.9 Å². The third-order valence-electron chi connectivity index (χ3n) is 11.6. The molecule has 0 bridgehead atoms. The average Bonchev–Trinajstić information content (AvgIpc) is 4.13. The molecule has 1 aromatic carbocycles. The molecule has 57 heavy (non-hydrogen) atoms. The minimum atomic E-state index is 0.00177. The Balaban J connectivity index is 0.000000433. The number of aliphatic hydroxyl groups excluding tert-OH is 1. The van der Waals surface area contributed by atoms with Crippen molar-refractivity contribution in [1.29, 1.82) is 0 Å². The smallest absolute Gasteiger partial charge is 0.272 e. The molecule has 0 radical (unpaired) electrons. The maximum Gasteiger partial charge on any atom is 0.272 e. The normalized spacial score (nSPS) is 21.4. The third kappa shape index (κ3) is 8.70. The second-order valence-corrected chi connectivity index (χ2v) is 16.1. The highest BCUT2D eigenvalue weighted by molar-refractivity contribution is 5.95. The summed E-state index contributed by atoms with van der Waals surface area (Å²) in [5.41, 5.74) is 19.5. The van der Waals surface area contributed by atoms with Gasteiger partial charge in [-0.2, -0.15) is 5.10 Å². The van der Waals surface area contributed by atoms with Crippen molar-refractivity contribution in [3.05, 3.63) is 83.4 Å². The number of carbonyl (C=O) groups excluding carboxylic acids is 2. The summed E-state index contributed by atoms with van der Waals surface area (Å²) in [6.07, 6.45) is 11.4. The first kappa shape index (κ1) is 40.0. The molecule has 304 valence electrons. The Labute approximate surface area is 334 Å². The maximum atomic E-state index is 13.0. The summed E-state index contributed by atoms with van der Waals surface area (Å²) >= 11 is 0. The van der Waals surface area contributed by atoms with Crippen LogP contribution in [0.5, 0.6) is 0 Å². The molecule has 2 saturated carbocycles. The number of rotatable bonds is 11. The number of nitrogens with one attached hydrogen (secondary N) is 2. The van der Waals surface area contributed by atoms with Gasteiger partial charge in [-0.25, -0.2) is 4.98 Å². The van der Waals surface area contributed by atoms with Gasteiger partial charge >= 0.3 is 0 Å². The monoisotopic (exact) mass is 779 g/mol. The van der Waals surface area contributed by atoms with Crippen LogP contribution in [0.1, 0.15) is 73.0 Å². The van der Waals surface area contributed by atoms with Crippen LogP contribution in [0.15, 0.2) is 71.3 Å². The molecule has 6 heterocycles. The third-order valence-corrected chi connectivity index (χ3v) is 11.6. The number of nitrogens with zero attached hydrogens (tertiary/aromatic N) is 7. The Kier molecular flexibility index (Phi) is 12.0. The van der Waals surface area contributed by atoms with Gasteiger partial charge in [-0.15, -0.1) is 0 Å². The van der Waals surface area contributed by atoms with Gasteiger partial charge in [0.15, 0.2) is 0 Å². The van der Waals surface area contributed by atoms with E-state index < -0.39 is 0 Å². The van der Waals surface area contributed by atoms with Crippen LogP contribution in [0.4, 0.5) is 11.4 Å². The number of amides is 1. The van der Waals surface area contributed by atoms with Gasteiger partial charge in [-0.05, 0) is 57.4 Å². The van der Waals surface area contributed by atoms with E-state index in [1.54, 1.807) is 13.1 Å². The molecule has 15 heteroatoms. The van der Waals surface area contributed by atoms with Crippen molar-refractivity contribution in [3.8, 4) is 11.1 Å². The van der Waals surface area contributed by atoms with E-state index >= 15 is 0 Å². The number of anilines is 2. The van der Waals surface area contributed by atoms with E-state index in [1.807, 2.05) is 48.5 Å². The van der Waals surface area contributed by atoms with Crippen LogP contribution in [0, 0.1) is 11.3 Å². The van der Waals surface area contributed by atoms with Crippen molar-refractivity contribution in [2.45, 2.75) is 63.7 Å². The van der Waals surface area contributed by atoms with Gasteiger partial charge in [0, 0.05) is 76.0 Å². The molecule has 5 fully saturated rings. The zero-order valence-corrected chi connectivity index (χ0v) is 33.5. The van der Waals surface area contributed by atoms with Gasteiger partial charge in [0.25, 0.3) is 5.91 Å². The fourth-order valence-corrected chi connectivity index (χ4v) is 7.86. The van der Waals surface area contributed by atoms with Crippen molar-refractivity contribution < 1.29 is 19.4 Å². The average molecular weight is 780 g/mol. The lowest BCUT2D eigenvalue weighted by molar-refractivity contribution is -0.176. The van der Waals surface area contributed by atoms with Gasteiger partial charge < -0.3 is 46.5 Å². The Bertz CT molecular complexity index is 2020. The minimum absolute atomic E-state index is 0.00177. The van der Waals surface area contributed by atoms with Crippen molar-refractivity contribution in [2.75, 3.05) is 70.8 Å². The number of carbonyl (C=O) groups is 2. The number of amidine groups is 1. The first-order chi connectivity index (χ1) is 27.6. The fourth-order valence-electron chi connectivity index (χ4n) is 7.86. The second kappa shape index (κ2) is 17.1. The van der Waals surface area contributed by atoms with E-state index in [-0.39, 0.29) is 34.9 Å². The van der Waals surface area contributed by atoms with Crippen molar-refractivity contribution in [2.24, 2.45) is 27.8 Å². The highest BCUT2D eigenvalue weighted by Gasteiger charge is 2.51. The molecule has 1 spiro atoms. The Morgan fingerprint density at radius 3 is 2.39 bits per heavy atom. The Hall–Kier alpha value is -5.25. The largest absolute Gasteiger partial charge is 0.513 e. The first-order valence-corrected chi connectivity index (χ1v) is 20.0. The molecule has 2 aromatic heterocycles. The van der Waals surface area contributed by atoms with Crippen molar-refractivity contribution >= 4 is 29.4 Å². The van der Waals surface area contributed by atoms with Crippen LogP contribution in [-0.2, 0) is 16.1 Å². The zero-order valence-electron chi connectivity index (χ0n) is 33.5. The fraction of sp³-hybridized carbons (Fsp3) is 0.500. The van der Waals surface area contributed by atoms with Crippen LogP contribution >= 0.6 is 0 Å². The summed E-state index contributed by atoms with van der Waals surface area (Å²) in [5, 5.41) is 21.1. The zero-order chi connectivity index (χ0) is 40.3. The number of ether oxygens (including phenoxy) is 1. The Morgan fingerprint density at radius 1 is 1.09 bits per heavy atom. The summed E-state index contributed by atoms with van der Waals surface area (Å²) in [4.78, 5) is 37.8. The van der Waals surface area contributed by atoms with E-state index in [9.17, 15) is 14.7 Å². The first-order valence-electron chi connectivity index (χ1n) is 20.0. The molecule has 1 unspecified atom stereocenters.